The van der Waals surface area contributed by atoms with Crippen molar-refractivity contribution in [1.82, 2.24) is 19.6 Å². The van der Waals surface area contributed by atoms with Crippen molar-refractivity contribution in [2.45, 2.75) is 25.7 Å². The summed E-state index contributed by atoms with van der Waals surface area (Å²) in [6.07, 6.45) is 0.820. The summed E-state index contributed by atoms with van der Waals surface area (Å²) in [6, 6.07) is 2.63. The first-order valence-corrected chi connectivity index (χ1v) is 9.13. The van der Waals surface area contributed by atoms with Crippen LogP contribution >= 0.6 is 11.6 Å². The first kappa shape index (κ1) is 19.2. The summed E-state index contributed by atoms with van der Waals surface area (Å²) >= 11 is 6.06. The van der Waals surface area contributed by atoms with Crippen molar-refractivity contribution in [3.05, 3.63) is 46.5 Å². The van der Waals surface area contributed by atoms with Gasteiger partial charge in [-0.2, -0.15) is 0 Å². The van der Waals surface area contributed by atoms with Gasteiger partial charge in [-0.15, -0.1) is 0 Å². The van der Waals surface area contributed by atoms with Crippen molar-refractivity contribution in [2.24, 2.45) is 4.99 Å². The number of guanidine groups is 1. The third kappa shape index (κ3) is 2.91. The molecule has 1 fully saturated rings. The van der Waals surface area contributed by atoms with Crippen LogP contribution < -0.4 is 0 Å². The summed E-state index contributed by atoms with van der Waals surface area (Å²) in [4.78, 5) is 46.9. The first-order valence-electron chi connectivity index (χ1n) is 8.75. The Morgan fingerprint density at radius 3 is 2.69 bits per heavy atom. The van der Waals surface area contributed by atoms with Crippen molar-refractivity contribution >= 4 is 35.5 Å². The number of carbonyl (C=O) groups excluding carboxylic acids is 2. The van der Waals surface area contributed by atoms with Crippen LogP contribution in [0, 0.1) is 5.82 Å². The number of allylic oxidation sites excluding steroid dienone is 1. The Balaban J connectivity index is 1.67. The van der Waals surface area contributed by atoms with Crippen LogP contribution in [-0.2, 0) is 16.1 Å². The molecule has 2 atom stereocenters. The number of hydrogen-bond acceptors (Lipinski definition) is 6. The minimum absolute atomic E-state index is 0.0440. The van der Waals surface area contributed by atoms with E-state index in [1.165, 1.54) is 35.0 Å². The summed E-state index contributed by atoms with van der Waals surface area (Å²) in [5.41, 5.74) is 0.656. The highest BCUT2D eigenvalue weighted by molar-refractivity contribution is 6.31. The van der Waals surface area contributed by atoms with Gasteiger partial charge in [-0.25, -0.2) is 14.2 Å². The second kappa shape index (κ2) is 6.73. The molecule has 0 aliphatic carbocycles. The molecule has 3 aliphatic rings. The first-order chi connectivity index (χ1) is 13.7. The van der Waals surface area contributed by atoms with Crippen molar-refractivity contribution in [3.63, 3.8) is 0 Å². The standard InChI is InChI=1S/C18H17ClFN5O4/c1-9-6-24-14-15(21-17(24)23(9)8-13(26)27)22(2)18(29)25(16(14)28)7-10-11(19)4-3-5-12(10)20/h3-6,14-15H,7-8H2,1-2H3,(H,26,27). The minimum Gasteiger partial charge on any atom is -0.480 e. The number of rotatable bonds is 4. The fraction of sp³-hybridized carbons (Fsp3) is 0.333. The van der Waals surface area contributed by atoms with E-state index in [1.807, 2.05) is 0 Å². The maximum absolute atomic E-state index is 14.2. The average Bonchev–Trinajstić information content (AvgIpc) is 3.15. The molecule has 0 saturated carbocycles. The number of likely N-dealkylation sites (N-methyl/N-ethyl adjacent to an activating group) is 1. The van der Waals surface area contributed by atoms with Gasteiger partial charge in [0.15, 0.2) is 12.2 Å². The van der Waals surface area contributed by atoms with E-state index in [2.05, 4.69) is 4.99 Å². The average molecular weight is 422 g/mol. The Morgan fingerprint density at radius 1 is 1.31 bits per heavy atom. The van der Waals surface area contributed by atoms with E-state index in [4.69, 9.17) is 16.7 Å². The maximum Gasteiger partial charge on any atom is 0.328 e. The fourth-order valence-electron chi connectivity index (χ4n) is 3.72. The highest BCUT2D eigenvalue weighted by Gasteiger charge is 2.54. The normalized spacial score (nSPS) is 23.3. The highest BCUT2D eigenvalue weighted by Crippen LogP contribution is 2.34. The van der Waals surface area contributed by atoms with Gasteiger partial charge in [-0.1, -0.05) is 17.7 Å². The number of imide groups is 1. The zero-order valence-corrected chi connectivity index (χ0v) is 16.3. The SMILES string of the molecule is CC1=CN2C(=NC3C2C(=O)N(Cc2c(F)cccc2Cl)C(=O)N3C)N1CC(=O)O. The van der Waals surface area contributed by atoms with E-state index in [0.717, 1.165) is 4.90 Å². The van der Waals surface area contributed by atoms with Crippen LogP contribution in [-0.4, -0.2) is 74.4 Å². The monoisotopic (exact) mass is 421 g/mol. The molecule has 11 heteroatoms. The van der Waals surface area contributed by atoms with E-state index < -0.39 is 35.9 Å². The molecule has 0 aromatic heterocycles. The zero-order valence-electron chi connectivity index (χ0n) is 15.5. The Labute approximate surface area is 170 Å². The van der Waals surface area contributed by atoms with Crippen LogP contribution in [0.5, 0.6) is 0 Å². The number of aliphatic carboxylic acids is 1. The summed E-state index contributed by atoms with van der Waals surface area (Å²) in [5, 5.41) is 9.26. The van der Waals surface area contributed by atoms with Gasteiger partial charge in [0.25, 0.3) is 5.91 Å². The fourth-order valence-corrected chi connectivity index (χ4v) is 3.94. The quantitative estimate of drug-likeness (QED) is 0.791. The predicted octanol–water partition coefficient (Wildman–Crippen LogP) is 1.50. The number of benzene rings is 1. The van der Waals surface area contributed by atoms with Gasteiger partial charge in [0.1, 0.15) is 12.4 Å². The molecule has 4 rings (SSSR count). The van der Waals surface area contributed by atoms with Crippen molar-refractivity contribution in [3.8, 4) is 0 Å². The molecule has 0 bridgehead atoms. The Hall–Kier alpha value is -3.14. The molecular weight excluding hydrogens is 405 g/mol. The lowest BCUT2D eigenvalue weighted by Crippen LogP contribution is -2.64. The molecule has 29 heavy (non-hydrogen) atoms. The molecule has 0 radical (unpaired) electrons. The van der Waals surface area contributed by atoms with Gasteiger partial charge in [0.2, 0.25) is 5.96 Å². The van der Waals surface area contributed by atoms with E-state index >= 15 is 0 Å². The van der Waals surface area contributed by atoms with Crippen LogP contribution in [0.4, 0.5) is 9.18 Å². The van der Waals surface area contributed by atoms with Gasteiger partial charge < -0.3 is 19.8 Å². The van der Waals surface area contributed by atoms with Gasteiger partial charge in [0.05, 0.1) is 6.54 Å². The van der Waals surface area contributed by atoms with Crippen molar-refractivity contribution < 1.29 is 23.9 Å². The third-order valence-electron chi connectivity index (χ3n) is 5.17. The lowest BCUT2D eigenvalue weighted by atomic mass is 10.1. The van der Waals surface area contributed by atoms with Gasteiger partial charge in [-0.3, -0.25) is 14.5 Å². The number of amides is 3. The second-order valence-corrected chi connectivity index (χ2v) is 7.37. The number of nitrogens with zero attached hydrogens (tertiary/aromatic N) is 5. The van der Waals surface area contributed by atoms with Gasteiger partial charge in [-0.05, 0) is 19.1 Å². The Bertz CT molecular complexity index is 976. The topological polar surface area (TPSA) is 96.8 Å². The Kier molecular flexibility index (Phi) is 4.45. The molecule has 3 aliphatic heterocycles. The van der Waals surface area contributed by atoms with Crippen LogP contribution in [0.25, 0.3) is 0 Å². The number of carbonyl (C=O) groups is 3. The van der Waals surface area contributed by atoms with Crippen molar-refractivity contribution in [2.75, 3.05) is 13.6 Å². The molecule has 1 aromatic carbocycles. The maximum atomic E-state index is 14.2. The molecule has 0 spiro atoms. The molecule has 152 valence electrons. The highest BCUT2D eigenvalue weighted by atomic mass is 35.5. The number of fused-ring (bicyclic) bond motifs is 3. The van der Waals surface area contributed by atoms with E-state index in [9.17, 15) is 18.8 Å². The van der Waals surface area contributed by atoms with Crippen LogP contribution in [0.3, 0.4) is 0 Å². The molecular formula is C18H17ClFN5O4. The minimum atomic E-state index is -1.05. The van der Waals surface area contributed by atoms with Crippen LogP contribution in [0.2, 0.25) is 5.02 Å². The van der Waals surface area contributed by atoms with Gasteiger partial charge in [0, 0.05) is 29.5 Å². The van der Waals surface area contributed by atoms with E-state index in [1.54, 1.807) is 18.0 Å². The second-order valence-electron chi connectivity index (χ2n) is 6.96. The number of carboxylic acid groups (broad SMARTS) is 1. The molecule has 1 aromatic rings. The number of urea groups is 1. The lowest BCUT2D eigenvalue weighted by Gasteiger charge is -2.40. The van der Waals surface area contributed by atoms with Crippen LogP contribution in [0.1, 0.15) is 12.5 Å². The molecule has 1 saturated heterocycles. The van der Waals surface area contributed by atoms with E-state index in [0.29, 0.717) is 11.7 Å². The lowest BCUT2D eigenvalue weighted by molar-refractivity contribution is -0.137. The molecule has 3 heterocycles. The smallest absolute Gasteiger partial charge is 0.328 e. The van der Waals surface area contributed by atoms with E-state index in [-0.39, 0.29) is 23.7 Å². The summed E-state index contributed by atoms with van der Waals surface area (Å²) in [7, 11) is 1.49. The third-order valence-corrected chi connectivity index (χ3v) is 5.53. The summed E-state index contributed by atoms with van der Waals surface area (Å²) < 4.78 is 14.2. The summed E-state index contributed by atoms with van der Waals surface area (Å²) in [6.45, 7) is 1.07. The molecule has 2 unspecified atom stereocenters. The van der Waals surface area contributed by atoms with Crippen molar-refractivity contribution in [1.29, 1.82) is 0 Å². The molecule has 3 amide bonds. The number of aliphatic imine (C=N–C) groups is 1. The molecule has 9 nitrogen and oxygen atoms in total. The Morgan fingerprint density at radius 2 is 2.03 bits per heavy atom. The zero-order chi connectivity index (χ0) is 21.0. The van der Waals surface area contributed by atoms with Gasteiger partial charge >= 0.3 is 12.0 Å². The largest absolute Gasteiger partial charge is 0.480 e. The number of hydrogen-bond donors (Lipinski definition) is 1. The number of halogens is 2. The van der Waals surface area contributed by atoms with Crippen LogP contribution in [0.15, 0.2) is 35.1 Å². The predicted molar refractivity (Wildman–Crippen MR) is 100 cm³/mol. The summed E-state index contributed by atoms with van der Waals surface area (Å²) in [5.74, 6) is -1.93. The number of carboxylic acids is 1. The molecule has 1 N–H and O–H groups in total.